The zero-order valence-electron chi connectivity index (χ0n) is 12.7. The normalized spacial score (nSPS) is 15.4. The summed E-state index contributed by atoms with van der Waals surface area (Å²) < 4.78 is 18.3. The van der Waals surface area contributed by atoms with Crippen molar-refractivity contribution in [1.29, 1.82) is 0 Å². The van der Waals surface area contributed by atoms with Crippen LogP contribution in [-0.2, 0) is 11.2 Å². The number of hydrogen-bond donors (Lipinski definition) is 2. The van der Waals surface area contributed by atoms with Crippen molar-refractivity contribution >= 4 is 5.91 Å². The Morgan fingerprint density at radius 3 is 2.78 bits per heavy atom. The van der Waals surface area contributed by atoms with Gasteiger partial charge < -0.3 is 14.8 Å². The van der Waals surface area contributed by atoms with Crippen LogP contribution in [0, 0.1) is 11.7 Å². The van der Waals surface area contributed by atoms with E-state index in [1.165, 1.54) is 18.4 Å². The highest BCUT2D eigenvalue weighted by Gasteiger charge is 2.31. The number of carbonyl (C=O) groups excluding carboxylic acids is 1. The minimum atomic E-state index is -0.324. The smallest absolute Gasteiger partial charge is 0.226 e. The summed E-state index contributed by atoms with van der Waals surface area (Å²) in [6, 6.07) is 5.86. The Labute approximate surface area is 133 Å². The van der Waals surface area contributed by atoms with Crippen molar-refractivity contribution in [2.75, 3.05) is 6.61 Å². The molecule has 1 atom stereocenters. The third kappa shape index (κ3) is 4.16. The Morgan fingerprint density at radius 2 is 2.13 bits per heavy atom. The first kappa shape index (κ1) is 15.7. The predicted molar refractivity (Wildman–Crippen MR) is 82.0 cm³/mol. The van der Waals surface area contributed by atoms with E-state index in [9.17, 15) is 9.18 Å². The number of amides is 1. The number of hydrogen-bond acceptors (Lipinski definition) is 4. The van der Waals surface area contributed by atoms with Gasteiger partial charge in [-0.15, -0.1) is 0 Å². The molecule has 1 unspecified atom stereocenters. The fourth-order valence-electron chi connectivity index (χ4n) is 2.60. The van der Waals surface area contributed by atoms with E-state index in [0.29, 0.717) is 29.5 Å². The number of aliphatic hydroxyl groups excluding tert-OH is 1. The summed E-state index contributed by atoms with van der Waals surface area (Å²) in [6.07, 6.45) is 4.35. The molecule has 2 N–H and O–H groups in total. The molecule has 2 aromatic rings. The number of aromatic nitrogens is 1. The van der Waals surface area contributed by atoms with Crippen molar-refractivity contribution in [2.24, 2.45) is 5.92 Å². The molecule has 1 saturated carbocycles. The van der Waals surface area contributed by atoms with Crippen LogP contribution < -0.4 is 5.32 Å². The Morgan fingerprint density at radius 1 is 1.39 bits per heavy atom. The van der Waals surface area contributed by atoms with Crippen LogP contribution in [0.2, 0.25) is 0 Å². The minimum absolute atomic E-state index is 0.0379. The number of nitrogens with one attached hydrogen (secondary N) is 1. The SMILES string of the molecule is O=C(Cc1coc(-c2ccc(F)cc2)n1)NC(CCO)C1CC1. The van der Waals surface area contributed by atoms with Gasteiger partial charge in [0.15, 0.2) is 0 Å². The summed E-state index contributed by atoms with van der Waals surface area (Å²) in [4.78, 5) is 16.4. The third-order valence-corrected chi connectivity index (χ3v) is 3.96. The molecule has 23 heavy (non-hydrogen) atoms. The van der Waals surface area contributed by atoms with Gasteiger partial charge in [-0.3, -0.25) is 4.79 Å². The first-order valence-electron chi connectivity index (χ1n) is 7.76. The molecule has 0 saturated heterocycles. The molecule has 0 radical (unpaired) electrons. The molecule has 1 aliphatic carbocycles. The van der Waals surface area contributed by atoms with Gasteiger partial charge in [-0.1, -0.05) is 0 Å². The monoisotopic (exact) mass is 318 g/mol. The van der Waals surface area contributed by atoms with E-state index < -0.39 is 0 Å². The van der Waals surface area contributed by atoms with Gasteiger partial charge in [-0.05, 0) is 49.4 Å². The molecule has 0 bridgehead atoms. The number of benzene rings is 1. The molecular formula is C17H19FN2O3. The first-order valence-corrected chi connectivity index (χ1v) is 7.76. The lowest BCUT2D eigenvalue weighted by Gasteiger charge is -2.16. The Bertz CT molecular complexity index is 665. The maximum atomic E-state index is 12.9. The van der Waals surface area contributed by atoms with Gasteiger partial charge in [0.25, 0.3) is 0 Å². The number of carbonyl (C=O) groups is 1. The van der Waals surface area contributed by atoms with Gasteiger partial charge in [-0.25, -0.2) is 9.37 Å². The number of nitrogens with zero attached hydrogens (tertiary/aromatic N) is 1. The van der Waals surface area contributed by atoms with E-state index in [1.54, 1.807) is 12.1 Å². The molecule has 1 amide bonds. The highest BCUT2D eigenvalue weighted by Crippen LogP contribution is 2.33. The van der Waals surface area contributed by atoms with Crippen molar-refractivity contribution in [3.8, 4) is 11.5 Å². The highest BCUT2D eigenvalue weighted by atomic mass is 19.1. The molecule has 0 aliphatic heterocycles. The van der Waals surface area contributed by atoms with Crippen molar-refractivity contribution in [1.82, 2.24) is 10.3 Å². The summed E-state index contributed by atoms with van der Waals surface area (Å²) >= 11 is 0. The van der Waals surface area contributed by atoms with Crippen LogP contribution in [0.15, 0.2) is 34.9 Å². The second-order valence-electron chi connectivity index (χ2n) is 5.85. The number of oxazole rings is 1. The lowest BCUT2D eigenvalue weighted by molar-refractivity contribution is -0.121. The van der Waals surface area contributed by atoms with Gasteiger partial charge in [0, 0.05) is 18.2 Å². The molecule has 0 spiro atoms. The summed E-state index contributed by atoms with van der Waals surface area (Å²) in [5.74, 6) is 0.393. The molecule has 1 aromatic carbocycles. The molecule has 1 aromatic heterocycles. The third-order valence-electron chi connectivity index (χ3n) is 3.96. The average Bonchev–Trinajstić information content (AvgIpc) is 3.28. The van der Waals surface area contributed by atoms with Crippen molar-refractivity contribution in [3.05, 3.63) is 42.0 Å². The van der Waals surface area contributed by atoms with Crippen LogP contribution in [0.5, 0.6) is 0 Å². The van der Waals surface area contributed by atoms with E-state index in [4.69, 9.17) is 9.52 Å². The topological polar surface area (TPSA) is 75.4 Å². The highest BCUT2D eigenvalue weighted by molar-refractivity contribution is 5.78. The van der Waals surface area contributed by atoms with E-state index in [0.717, 1.165) is 12.8 Å². The van der Waals surface area contributed by atoms with Crippen LogP contribution >= 0.6 is 0 Å². The summed E-state index contributed by atoms with van der Waals surface area (Å²) in [5.41, 5.74) is 1.19. The first-order chi connectivity index (χ1) is 11.2. The maximum absolute atomic E-state index is 12.9. The van der Waals surface area contributed by atoms with Crippen LogP contribution in [0.4, 0.5) is 4.39 Å². The number of halogens is 1. The second kappa shape index (κ2) is 6.91. The Hall–Kier alpha value is -2.21. The van der Waals surface area contributed by atoms with E-state index >= 15 is 0 Å². The van der Waals surface area contributed by atoms with Crippen LogP contribution in [0.1, 0.15) is 25.0 Å². The molecular weight excluding hydrogens is 299 g/mol. The molecule has 6 heteroatoms. The average molecular weight is 318 g/mol. The lowest BCUT2D eigenvalue weighted by Crippen LogP contribution is -2.38. The largest absolute Gasteiger partial charge is 0.444 e. The predicted octanol–water partition coefficient (Wildman–Crippen LogP) is 2.30. The van der Waals surface area contributed by atoms with E-state index in [-0.39, 0.29) is 30.8 Å². The van der Waals surface area contributed by atoms with E-state index in [2.05, 4.69) is 10.3 Å². The Balaban J connectivity index is 1.59. The van der Waals surface area contributed by atoms with Gasteiger partial charge >= 0.3 is 0 Å². The van der Waals surface area contributed by atoms with E-state index in [1.807, 2.05) is 0 Å². The molecule has 3 rings (SSSR count). The summed E-state index contributed by atoms with van der Waals surface area (Å²) in [5, 5.41) is 12.0. The molecule has 1 fully saturated rings. The van der Waals surface area contributed by atoms with Crippen LogP contribution in [-0.4, -0.2) is 28.6 Å². The Kier molecular flexibility index (Phi) is 4.71. The molecule has 1 heterocycles. The van der Waals surface area contributed by atoms with Crippen molar-refractivity contribution in [2.45, 2.75) is 31.7 Å². The fourth-order valence-corrected chi connectivity index (χ4v) is 2.60. The maximum Gasteiger partial charge on any atom is 0.226 e. The van der Waals surface area contributed by atoms with Crippen LogP contribution in [0.3, 0.4) is 0 Å². The van der Waals surface area contributed by atoms with Gasteiger partial charge in [0.1, 0.15) is 12.1 Å². The van der Waals surface area contributed by atoms with Gasteiger partial charge in [-0.2, -0.15) is 0 Å². The summed E-state index contributed by atoms with van der Waals surface area (Å²) in [7, 11) is 0. The van der Waals surface area contributed by atoms with Gasteiger partial charge in [0.05, 0.1) is 12.1 Å². The second-order valence-corrected chi connectivity index (χ2v) is 5.85. The lowest BCUT2D eigenvalue weighted by atomic mass is 10.1. The number of aliphatic hydroxyl groups is 1. The van der Waals surface area contributed by atoms with Crippen LogP contribution in [0.25, 0.3) is 11.5 Å². The van der Waals surface area contributed by atoms with Crippen molar-refractivity contribution < 1.29 is 18.7 Å². The number of rotatable bonds is 7. The zero-order chi connectivity index (χ0) is 16.2. The standard InChI is InChI=1S/C17H19FN2O3/c18-13-5-3-12(4-6-13)17-19-14(10-23-17)9-16(22)20-15(7-8-21)11-1-2-11/h3-6,10-11,15,21H,1-2,7-9H2,(H,20,22). The molecule has 5 nitrogen and oxygen atoms in total. The zero-order valence-corrected chi connectivity index (χ0v) is 12.7. The fraction of sp³-hybridized carbons (Fsp3) is 0.412. The minimum Gasteiger partial charge on any atom is -0.444 e. The molecule has 122 valence electrons. The van der Waals surface area contributed by atoms with Crippen molar-refractivity contribution in [3.63, 3.8) is 0 Å². The van der Waals surface area contributed by atoms with Gasteiger partial charge in [0.2, 0.25) is 11.8 Å². The quantitative estimate of drug-likeness (QED) is 0.821. The summed E-state index contributed by atoms with van der Waals surface area (Å²) in [6.45, 7) is 0.0696. The molecule has 1 aliphatic rings.